The highest BCUT2D eigenvalue weighted by atomic mass is 16.3. The van der Waals surface area contributed by atoms with E-state index in [1.165, 1.54) is 0 Å². The van der Waals surface area contributed by atoms with E-state index >= 15 is 0 Å². The largest absolute Gasteiger partial charge is 0.483 e. The molecule has 0 aliphatic carbocycles. The van der Waals surface area contributed by atoms with E-state index in [1.54, 1.807) is 0 Å². The summed E-state index contributed by atoms with van der Waals surface area (Å²) >= 11 is 0. The van der Waals surface area contributed by atoms with E-state index in [0.717, 1.165) is 49.1 Å². The zero-order valence-electron chi connectivity index (χ0n) is 15.6. The zero-order valence-corrected chi connectivity index (χ0v) is 15.6. The first-order valence-corrected chi connectivity index (χ1v) is 9.70. The molecule has 5 heterocycles. The molecular formula is C19H25N5O4. The van der Waals surface area contributed by atoms with Gasteiger partial charge in [-0.25, -0.2) is 4.98 Å². The van der Waals surface area contributed by atoms with Crippen LogP contribution in [-0.4, -0.2) is 74.5 Å². The SMILES string of the molecule is O=C1CCC[C@H]2[C@@H]3C[C@@H](CN(c4ccnc5[nH]ncc45)C3)[C@H](CO)N12.O=CO. The predicted molar refractivity (Wildman–Crippen MR) is 102 cm³/mol. The van der Waals surface area contributed by atoms with Crippen molar-refractivity contribution in [3.63, 3.8) is 0 Å². The number of anilines is 1. The van der Waals surface area contributed by atoms with Crippen molar-refractivity contribution < 1.29 is 19.8 Å². The van der Waals surface area contributed by atoms with Crippen molar-refractivity contribution in [1.29, 1.82) is 0 Å². The third-order valence-electron chi connectivity index (χ3n) is 6.36. The summed E-state index contributed by atoms with van der Waals surface area (Å²) in [6.45, 7) is 1.63. The molecule has 0 unspecified atom stereocenters. The highest BCUT2D eigenvalue weighted by Crippen LogP contribution is 2.43. The number of nitrogens with zero attached hydrogens (tertiary/aromatic N) is 4. The highest BCUT2D eigenvalue weighted by Gasteiger charge is 2.49. The van der Waals surface area contributed by atoms with Gasteiger partial charge in [-0.05, 0) is 37.2 Å². The van der Waals surface area contributed by atoms with Crippen LogP contribution in [-0.2, 0) is 9.59 Å². The molecule has 5 rings (SSSR count). The number of carbonyl (C=O) groups is 2. The van der Waals surface area contributed by atoms with Crippen molar-refractivity contribution in [2.45, 2.75) is 37.8 Å². The Bertz CT molecular complexity index is 842. The zero-order chi connectivity index (χ0) is 19.7. The fraction of sp³-hybridized carbons (Fsp3) is 0.579. The molecule has 2 aromatic heterocycles. The number of aliphatic hydroxyl groups is 1. The van der Waals surface area contributed by atoms with Crippen LogP contribution in [0.4, 0.5) is 5.69 Å². The molecule has 150 valence electrons. The molecule has 1 amide bonds. The summed E-state index contributed by atoms with van der Waals surface area (Å²) in [5.41, 5.74) is 1.96. The number of carbonyl (C=O) groups excluding carboxylic acids is 1. The number of aromatic nitrogens is 3. The molecule has 0 radical (unpaired) electrons. The van der Waals surface area contributed by atoms with Crippen molar-refractivity contribution in [2.75, 3.05) is 24.6 Å². The normalized spacial score (nSPS) is 29.1. The second-order valence-electron chi connectivity index (χ2n) is 7.74. The van der Waals surface area contributed by atoms with Gasteiger partial charge in [-0.15, -0.1) is 0 Å². The Hall–Kier alpha value is -2.68. The van der Waals surface area contributed by atoms with Crippen molar-refractivity contribution in [3.05, 3.63) is 18.5 Å². The van der Waals surface area contributed by atoms with Gasteiger partial charge < -0.3 is 20.0 Å². The maximum Gasteiger partial charge on any atom is 0.290 e. The molecule has 4 atom stereocenters. The number of hydrogen-bond acceptors (Lipinski definition) is 6. The minimum Gasteiger partial charge on any atom is -0.483 e. The Morgan fingerprint density at radius 1 is 1.32 bits per heavy atom. The van der Waals surface area contributed by atoms with Gasteiger partial charge in [-0.1, -0.05) is 0 Å². The van der Waals surface area contributed by atoms with Gasteiger partial charge in [0.2, 0.25) is 5.91 Å². The van der Waals surface area contributed by atoms with E-state index in [4.69, 9.17) is 9.90 Å². The lowest BCUT2D eigenvalue weighted by Crippen LogP contribution is -2.66. The van der Waals surface area contributed by atoms with Crippen molar-refractivity contribution in [1.82, 2.24) is 20.1 Å². The van der Waals surface area contributed by atoms with Crippen LogP contribution in [0.15, 0.2) is 18.5 Å². The molecule has 0 spiro atoms. The number of aromatic amines is 1. The summed E-state index contributed by atoms with van der Waals surface area (Å²) in [6.07, 6.45) is 7.43. The van der Waals surface area contributed by atoms with E-state index in [-0.39, 0.29) is 31.1 Å². The van der Waals surface area contributed by atoms with Gasteiger partial charge in [-0.3, -0.25) is 14.7 Å². The van der Waals surface area contributed by atoms with E-state index < -0.39 is 0 Å². The first-order valence-electron chi connectivity index (χ1n) is 9.70. The molecule has 2 bridgehead atoms. The number of fused-ring (bicyclic) bond motifs is 5. The van der Waals surface area contributed by atoms with Crippen LogP contribution in [0.2, 0.25) is 0 Å². The van der Waals surface area contributed by atoms with Gasteiger partial charge in [0.25, 0.3) is 6.47 Å². The summed E-state index contributed by atoms with van der Waals surface area (Å²) in [4.78, 5) is 29.7. The van der Waals surface area contributed by atoms with Crippen molar-refractivity contribution in [3.8, 4) is 0 Å². The number of aliphatic hydroxyl groups excluding tert-OH is 1. The maximum absolute atomic E-state index is 12.5. The molecule has 9 nitrogen and oxygen atoms in total. The summed E-state index contributed by atoms with van der Waals surface area (Å²) in [6, 6.07) is 2.29. The molecular weight excluding hydrogens is 362 g/mol. The molecule has 0 aromatic carbocycles. The van der Waals surface area contributed by atoms with Crippen molar-refractivity contribution in [2.24, 2.45) is 11.8 Å². The van der Waals surface area contributed by atoms with Crippen LogP contribution in [0.25, 0.3) is 11.0 Å². The molecule has 2 aromatic rings. The van der Waals surface area contributed by atoms with Gasteiger partial charge in [0.15, 0.2) is 5.65 Å². The average molecular weight is 387 g/mol. The summed E-state index contributed by atoms with van der Waals surface area (Å²) < 4.78 is 0. The van der Waals surface area contributed by atoms with E-state index in [2.05, 4.69) is 26.1 Å². The molecule has 3 aliphatic rings. The molecule has 3 saturated heterocycles. The first kappa shape index (κ1) is 18.7. The molecule has 9 heteroatoms. The quantitative estimate of drug-likeness (QED) is 0.653. The Balaban J connectivity index is 0.000000604. The Morgan fingerprint density at radius 2 is 2.11 bits per heavy atom. The average Bonchev–Trinajstić information content (AvgIpc) is 3.18. The smallest absolute Gasteiger partial charge is 0.290 e. The van der Waals surface area contributed by atoms with Crippen LogP contribution in [0.3, 0.4) is 0 Å². The minimum absolute atomic E-state index is 0.0430. The van der Waals surface area contributed by atoms with Crippen LogP contribution in [0.1, 0.15) is 25.7 Å². The summed E-state index contributed by atoms with van der Waals surface area (Å²) in [5.74, 6) is 1.03. The number of piperidine rings is 3. The molecule has 3 aliphatic heterocycles. The lowest BCUT2D eigenvalue weighted by molar-refractivity contribution is -0.150. The van der Waals surface area contributed by atoms with Crippen LogP contribution < -0.4 is 4.90 Å². The molecule has 3 N–H and O–H groups in total. The van der Waals surface area contributed by atoms with Gasteiger partial charge in [0.1, 0.15) is 0 Å². The summed E-state index contributed by atoms with van der Waals surface area (Å²) in [7, 11) is 0. The molecule has 0 saturated carbocycles. The minimum atomic E-state index is -0.250. The van der Waals surface area contributed by atoms with Gasteiger partial charge in [0, 0.05) is 31.7 Å². The number of hydrogen-bond donors (Lipinski definition) is 3. The van der Waals surface area contributed by atoms with Crippen molar-refractivity contribution >= 4 is 29.1 Å². The standard InChI is InChI=1S/C18H23N5O2.CH2O2/c24-10-16-12-6-11(14-2-1-3-17(25)23(14)16)8-22(9-12)15-4-5-19-18-13(15)7-20-21-18;2-1-3/h4-5,7,11-12,14,16,24H,1-3,6,8-10H2,(H,19,20,21);1H,(H,2,3)/t11-,12+,14+,16+;/m1./s1. The van der Waals surface area contributed by atoms with Gasteiger partial charge >= 0.3 is 0 Å². The Kier molecular flexibility index (Phi) is 5.17. The van der Waals surface area contributed by atoms with E-state index in [9.17, 15) is 9.90 Å². The van der Waals surface area contributed by atoms with Crippen LogP contribution >= 0.6 is 0 Å². The summed E-state index contributed by atoms with van der Waals surface area (Å²) in [5, 5.41) is 25.0. The topological polar surface area (TPSA) is 123 Å². The third-order valence-corrected chi connectivity index (χ3v) is 6.36. The lowest BCUT2D eigenvalue weighted by atomic mass is 9.72. The lowest BCUT2D eigenvalue weighted by Gasteiger charge is -2.56. The van der Waals surface area contributed by atoms with Gasteiger partial charge in [-0.2, -0.15) is 5.10 Å². The van der Waals surface area contributed by atoms with E-state index in [1.807, 2.05) is 17.3 Å². The highest BCUT2D eigenvalue weighted by molar-refractivity contribution is 5.88. The second kappa shape index (κ2) is 7.75. The Morgan fingerprint density at radius 3 is 2.89 bits per heavy atom. The van der Waals surface area contributed by atoms with Gasteiger partial charge in [0.05, 0.1) is 29.9 Å². The fourth-order valence-corrected chi connectivity index (χ4v) is 5.32. The molecule has 3 fully saturated rings. The second-order valence-corrected chi connectivity index (χ2v) is 7.74. The van der Waals surface area contributed by atoms with Crippen LogP contribution in [0, 0.1) is 11.8 Å². The monoisotopic (exact) mass is 387 g/mol. The van der Waals surface area contributed by atoms with E-state index in [0.29, 0.717) is 18.3 Å². The van der Waals surface area contributed by atoms with Crippen LogP contribution in [0.5, 0.6) is 0 Å². The number of amides is 1. The number of nitrogens with one attached hydrogen (secondary N) is 1. The maximum atomic E-state index is 12.5. The number of pyridine rings is 1. The number of rotatable bonds is 2. The Labute approximate surface area is 162 Å². The molecule has 28 heavy (non-hydrogen) atoms. The number of carboxylic acid groups (broad SMARTS) is 1. The predicted octanol–water partition coefficient (Wildman–Crippen LogP) is 0.857. The third kappa shape index (κ3) is 3.09. The number of H-pyrrole nitrogens is 1. The fourth-order valence-electron chi connectivity index (χ4n) is 5.32. The first-order chi connectivity index (χ1) is 13.7.